The van der Waals surface area contributed by atoms with Gasteiger partial charge in [0, 0.05) is 6.07 Å². The minimum Gasteiger partial charge on any atom is -0.508 e. The lowest BCUT2D eigenvalue weighted by Crippen LogP contribution is -2.65. The molecule has 2 aliphatic rings. The highest BCUT2D eigenvalue weighted by Gasteiger charge is 2.51. The van der Waals surface area contributed by atoms with Crippen LogP contribution in [-0.2, 0) is 14.2 Å². The second-order valence-electron chi connectivity index (χ2n) is 9.31. The number of aromatic hydroxyl groups is 2. The fraction of sp³-hybridized carbons (Fsp3) is 0.462. The van der Waals surface area contributed by atoms with E-state index in [4.69, 9.17) is 18.9 Å². The molecule has 0 spiro atoms. The molecule has 0 unspecified atom stereocenters. The van der Waals surface area contributed by atoms with Crippen molar-refractivity contribution in [2.75, 3.05) is 13.2 Å². The van der Waals surface area contributed by atoms with Crippen molar-refractivity contribution in [2.45, 2.75) is 61.4 Å². The Morgan fingerprint density at radius 2 is 1.26 bits per heavy atom. The number of phenols is 2. The summed E-state index contributed by atoms with van der Waals surface area (Å²) < 4.78 is 22.1. The van der Waals surface area contributed by atoms with Crippen LogP contribution < -0.4 is 4.74 Å². The molecule has 2 aliphatic heterocycles. The number of aliphatic hydroxyl groups is 7. The largest absolute Gasteiger partial charge is 0.508 e. The third-order valence-electron chi connectivity index (χ3n) is 6.49. The molecule has 0 bridgehead atoms. The second-order valence-corrected chi connectivity index (χ2v) is 9.31. The van der Waals surface area contributed by atoms with E-state index in [2.05, 4.69) is 0 Å². The van der Waals surface area contributed by atoms with Gasteiger partial charge in [0.15, 0.2) is 6.29 Å². The Hall–Kier alpha value is -2.82. The van der Waals surface area contributed by atoms with E-state index in [1.165, 1.54) is 30.3 Å². The molecule has 2 fully saturated rings. The van der Waals surface area contributed by atoms with Crippen molar-refractivity contribution in [2.24, 2.45) is 0 Å². The molecule has 2 aromatic rings. The van der Waals surface area contributed by atoms with Crippen molar-refractivity contribution in [1.82, 2.24) is 0 Å². The fourth-order valence-corrected chi connectivity index (χ4v) is 4.33. The first-order valence-electron chi connectivity index (χ1n) is 12.2. The zero-order valence-electron chi connectivity index (χ0n) is 20.5. The summed E-state index contributed by atoms with van der Waals surface area (Å²) in [7, 11) is 0. The Morgan fingerprint density at radius 3 is 1.92 bits per heavy atom. The van der Waals surface area contributed by atoms with Crippen molar-refractivity contribution in [3.8, 4) is 17.2 Å². The first-order chi connectivity index (χ1) is 18.6. The average Bonchev–Trinajstić information content (AvgIpc) is 2.92. The normalized spacial score (nSPS) is 35.3. The van der Waals surface area contributed by atoms with Crippen LogP contribution in [0, 0.1) is 0 Å². The number of hydrogen-bond acceptors (Lipinski definition) is 13. The lowest BCUT2D eigenvalue weighted by Gasteiger charge is -2.45. The molecule has 214 valence electrons. The van der Waals surface area contributed by atoms with Crippen LogP contribution in [0.4, 0.5) is 0 Å². The molecule has 0 amide bonds. The van der Waals surface area contributed by atoms with E-state index in [-0.39, 0.29) is 17.2 Å². The first kappa shape index (κ1) is 29.2. The van der Waals surface area contributed by atoms with Crippen LogP contribution in [0.15, 0.2) is 42.5 Å². The molecule has 0 saturated carbocycles. The molecule has 13 heteroatoms. The maximum atomic E-state index is 10.8. The number of aliphatic hydroxyl groups excluding tert-OH is 7. The van der Waals surface area contributed by atoms with Gasteiger partial charge in [0.1, 0.15) is 66.1 Å². The van der Waals surface area contributed by atoms with Crippen LogP contribution in [0.25, 0.3) is 12.2 Å². The minimum atomic E-state index is -1.78. The van der Waals surface area contributed by atoms with Crippen LogP contribution in [0.2, 0.25) is 0 Å². The van der Waals surface area contributed by atoms with E-state index in [9.17, 15) is 46.0 Å². The monoisotopic (exact) mass is 552 g/mol. The SMILES string of the molecule is OC[C@H]1O[C@H](O[C@H]2[C@H](O)[C@@H](O)[C@@H](Oc3cc(O)cc(/C=C/c4ccc(O)cc4)c3)O[C@@H]2CO)[C@H](O)[C@@H](O)[C@@H]1O. The van der Waals surface area contributed by atoms with Gasteiger partial charge in [0.2, 0.25) is 6.29 Å². The van der Waals surface area contributed by atoms with Crippen LogP contribution in [0.5, 0.6) is 17.2 Å². The molecule has 0 radical (unpaired) electrons. The van der Waals surface area contributed by atoms with E-state index in [1.807, 2.05) is 0 Å². The Labute approximate surface area is 222 Å². The molecule has 0 aliphatic carbocycles. The summed E-state index contributed by atoms with van der Waals surface area (Å²) in [4.78, 5) is 0. The maximum Gasteiger partial charge on any atom is 0.229 e. The topological polar surface area (TPSA) is 219 Å². The molecular formula is C26H32O13. The van der Waals surface area contributed by atoms with Crippen LogP contribution in [-0.4, -0.2) is 121 Å². The summed E-state index contributed by atoms with van der Waals surface area (Å²) in [6.07, 6.45) is -12.4. The van der Waals surface area contributed by atoms with Crippen LogP contribution >= 0.6 is 0 Å². The van der Waals surface area contributed by atoms with Crippen molar-refractivity contribution in [1.29, 1.82) is 0 Å². The zero-order chi connectivity index (χ0) is 28.3. The van der Waals surface area contributed by atoms with E-state index in [0.717, 1.165) is 5.56 Å². The van der Waals surface area contributed by atoms with Gasteiger partial charge in [-0.1, -0.05) is 24.3 Å². The van der Waals surface area contributed by atoms with Crippen LogP contribution in [0.1, 0.15) is 11.1 Å². The highest BCUT2D eigenvalue weighted by molar-refractivity contribution is 5.71. The number of hydrogen-bond donors (Lipinski definition) is 9. The van der Waals surface area contributed by atoms with Gasteiger partial charge < -0.3 is 64.9 Å². The lowest BCUT2D eigenvalue weighted by molar-refractivity contribution is -0.352. The molecule has 4 rings (SSSR count). The quantitative estimate of drug-likeness (QED) is 0.167. The maximum absolute atomic E-state index is 10.8. The van der Waals surface area contributed by atoms with Gasteiger partial charge in [-0.05, 0) is 35.4 Å². The van der Waals surface area contributed by atoms with Crippen molar-refractivity contribution in [3.63, 3.8) is 0 Å². The van der Waals surface area contributed by atoms with E-state index < -0.39 is 74.6 Å². The predicted molar refractivity (Wildman–Crippen MR) is 132 cm³/mol. The zero-order valence-corrected chi connectivity index (χ0v) is 20.5. The third kappa shape index (κ3) is 6.67. The van der Waals surface area contributed by atoms with Gasteiger partial charge in [-0.2, -0.15) is 0 Å². The van der Waals surface area contributed by atoms with Gasteiger partial charge in [-0.25, -0.2) is 0 Å². The summed E-state index contributed by atoms with van der Waals surface area (Å²) in [6.45, 7) is -1.42. The van der Waals surface area contributed by atoms with E-state index >= 15 is 0 Å². The van der Waals surface area contributed by atoms with Gasteiger partial charge >= 0.3 is 0 Å². The van der Waals surface area contributed by atoms with Crippen LogP contribution in [0.3, 0.4) is 0 Å². The number of phenolic OH excluding ortho intramolecular Hbond substituents is 2. The Bertz CT molecular complexity index is 1110. The standard InChI is InChI=1S/C26H32O13/c27-10-17-19(31)20(32)22(34)26(37-17)39-24-18(11-28)38-25(23(35)21(24)33)36-16-8-13(7-15(30)9-16)2-1-12-3-5-14(29)6-4-12/h1-9,17-35H,10-11H2/b2-1+/t17-,18-,19-,20+,21-,22-,23-,24-,25+,26-/m1/s1. The summed E-state index contributed by atoms with van der Waals surface area (Å²) in [5, 5.41) is 90.4. The molecule has 13 nitrogen and oxygen atoms in total. The summed E-state index contributed by atoms with van der Waals surface area (Å²) in [5.41, 5.74) is 1.30. The molecule has 39 heavy (non-hydrogen) atoms. The van der Waals surface area contributed by atoms with E-state index in [0.29, 0.717) is 5.56 Å². The van der Waals surface area contributed by atoms with Gasteiger partial charge in [-0.15, -0.1) is 0 Å². The smallest absolute Gasteiger partial charge is 0.229 e. The molecule has 0 aromatic heterocycles. The average molecular weight is 553 g/mol. The van der Waals surface area contributed by atoms with Gasteiger partial charge in [0.05, 0.1) is 13.2 Å². The van der Waals surface area contributed by atoms with Gasteiger partial charge in [0.25, 0.3) is 0 Å². The first-order valence-corrected chi connectivity index (χ1v) is 12.2. The number of ether oxygens (including phenoxy) is 4. The van der Waals surface area contributed by atoms with E-state index in [1.54, 1.807) is 24.3 Å². The Kier molecular flexibility index (Phi) is 9.40. The highest BCUT2D eigenvalue weighted by atomic mass is 16.7. The number of benzene rings is 2. The summed E-state index contributed by atoms with van der Waals surface area (Å²) >= 11 is 0. The molecule has 2 heterocycles. The summed E-state index contributed by atoms with van der Waals surface area (Å²) in [6, 6.07) is 10.7. The Morgan fingerprint density at radius 1 is 0.641 bits per heavy atom. The predicted octanol–water partition coefficient (Wildman–Crippen LogP) is -1.73. The third-order valence-corrected chi connectivity index (χ3v) is 6.49. The van der Waals surface area contributed by atoms with Crippen molar-refractivity contribution >= 4 is 12.2 Å². The van der Waals surface area contributed by atoms with Gasteiger partial charge in [-0.3, -0.25) is 0 Å². The van der Waals surface area contributed by atoms with Crippen molar-refractivity contribution < 1.29 is 64.9 Å². The second kappa shape index (κ2) is 12.6. The Balaban J connectivity index is 1.46. The molecule has 9 N–H and O–H groups in total. The molecule has 2 aromatic carbocycles. The molecule has 2 saturated heterocycles. The lowest BCUT2D eigenvalue weighted by atomic mass is 9.97. The number of rotatable bonds is 8. The fourth-order valence-electron chi connectivity index (χ4n) is 4.33. The highest BCUT2D eigenvalue weighted by Crippen LogP contribution is 2.31. The van der Waals surface area contributed by atoms with Crippen molar-refractivity contribution in [3.05, 3.63) is 53.6 Å². The molecule has 10 atom stereocenters. The minimum absolute atomic E-state index is 0.0709. The molecular weight excluding hydrogens is 520 g/mol. The summed E-state index contributed by atoms with van der Waals surface area (Å²) in [5.74, 6) is 0.0308.